The van der Waals surface area contributed by atoms with Gasteiger partial charge in [0.05, 0.1) is 6.04 Å². The summed E-state index contributed by atoms with van der Waals surface area (Å²) in [5.74, 6) is -0.160. The summed E-state index contributed by atoms with van der Waals surface area (Å²) in [6, 6.07) is 20.0. The molecule has 2 saturated heterocycles. The number of amides is 2. The van der Waals surface area contributed by atoms with E-state index in [0.717, 1.165) is 11.1 Å². The van der Waals surface area contributed by atoms with Crippen LogP contribution in [0.25, 0.3) is 11.2 Å². The Bertz CT molecular complexity index is 1580. The molecule has 0 aliphatic carbocycles. The lowest BCUT2D eigenvalue weighted by Gasteiger charge is -2.26. The molecule has 230 valence electrons. The summed E-state index contributed by atoms with van der Waals surface area (Å²) < 4.78 is 6.59. The fourth-order valence-corrected chi connectivity index (χ4v) is 5.57. The Kier molecular flexibility index (Phi) is 8.39. The number of hydrogen-bond acceptors (Lipinski definition) is 11. The topological polar surface area (TPSA) is 187 Å². The van der Waals surface area contributed by atoms with Gasteiger partial charge in [0, 0.05) is 32.0 Å². The molecule has 0 spiro atoms. The standard InChI is InChI=1S/C30H34N8O6/c1-2-37(28(42)25-23(40)24(41)29(43)44-25)38-16-33-22-26(35-30(36-27(22)38)34-19-13-21(39)31-14-19)32-15-20(17-9-5-3-6-10-17)18-11-7-4-8-12-18/h3-12,16,19-20,23-25,29,40-41,43H,2,13-15H2,1H3,(H,31,39)(H2,32,34,35,36)/t19?,23-,24+,25-,29+/m0/s1. The van der Waals surface area contributed by atoms with E-state index in [9.17, 15) is 24.9 Å². The number of aliphatic hydroxyl groups is 3. The second kappa shape index (κ2) is 12.5. The van der Waals surface area contributed by atoms with Gasteiger partial charge in [-0.25, -0.2) is 14.7 Å². The Balaban J connectivity index is 1.36. The molecule has 2 aromatic heterocycles. The minimum absolute atomic E-state index is 0.0230. The predicted octanol–water partition coefficient (Wildman–Crippen LogP) is 0.294. The number of benzene rings is 2. The van der Waals surface area contributed by atoms with Crippen LogP contribution in [0, 0.1) is 0 Å². The van der Waals surface area contributed by atoms with Crippen molar-refractivity contribution in [2.45, 2.75) is 49.9 Å². The van der Waals surface area contributed by atoms with Crippen LogP contribution in [0.5, 0.6) is 0 Å². The van der Waals surface area contributed by atoms with Crippen molar-refractivity contribution in [1.82, 2.24) is 24.9 Å². The Labute approximate surface area is 252 Å². The number of aromatic nitrogens is 4. The molecule has 0 saturated carbocycles. The number of nitrogens with one attached hydrogen (secondary N) is 3. The number of fused-ring (bicyclic) bond motifs is 1. The fourth-order valence-electron chi connectivity index (χ4n) is 5.57. The van der Waals surface area contributed by atoms with Gasteiger partial charge in [0.25, 0.3) is 5.91 Å². The van der Waals surface area contributed by atoms with E-state index in [2.05, 4.69) is 50.2 Å². The molecule has 1 unspecified atom stereocenters. The van der Waals surface area contributed by atoms with Crippen LogP contribution in [0.4, 0.5) is 11.8 Å². The van der Waals surface area contributed by atoms with E-state index in [-0.39, 0.29) is 42.4 Å². The van der Waals surface area contributed by atoms with E-state index in [1.54, 1.807) is 6.92 Å². The third-order valence-electron chi connectivity index (χ3n) is 7.86. The van der Waals surface area contributed by atoms with Crippen molar-refractivity contribution in [3.05, 3.63) is 78.1 Å². The Morgan fingerprint density at radius 3 is 2.32 bits per heavy atom. The first-order chi connectivity index (χ1) is 21.3. The summed E-state index contributed by atoms with van der Waals surface area (Å²) in [6.45, 7) is 2.72. The zero-order valence-corrected chi connectivity index (χ0v) is 23.9. The van der Waals surface area contributed by atoms with Crippen LogP contribution in [0.3, 0.4) is 0 Å². The minimum atomic E-state index is -1.70. The molecule has 4 heterocycles. The third kappa shape index (κ3) is 5.79. The number of hydrogen-bond donors (Lipinski definition) is 6. The van der Waals surface area contributed by atoms with Crippen molar-refractivity contribution in [1.29, 1.82) is 0 Å². The summed E-state index contributed by atoms with van der Waals surface area (Å²) in [5, 5.41) is 40.9. The highest BCUT2D eigenvalue weighted by Crippen LogP contribution is 2.28. The molecule has 4 aromatic rings. The quantitative estimate of drug-likeness (QED) is 0.147. The average molecular weight is 603 g/mol. The maximum absolute atomic E-state index is 13.5. The highest BCUT2D eigenvalue weighted by Gasteiger charge is 2.47. The number of rotatable bonds is 10. The van der Waals surface area contributed by atoms with Crippen LogP contribution in [0.15, 0.2) is 67.0 Å². The molecule has 0 radical (unpaired) electrons. The van der Waals surface area contributed by atoms with Crippen molar-refractivity contribution < 1.29 is 29.6 Å². The first-order valence-electron chi connectivity index (χ1n) is 14.5. The SMILES string of the molecule is CCN(C(=O)[C@H]1O[C@@H](O)[C@H](O)[C@@H]1O)n1cnc2c(NCC(c3ccccc3)c3ccccc3)nc(NC3CNC(=O)C3)nc21. The molecule has 2 aliphatic heterocycles. The number of ether oxygens (including phenoxy) is 1. The maximum Gasteiger partial charge on any atom is 0.273 e. The second-order valence-corrected chi connectivity index (χ2v) is 10.7. The minimum Gasteiger partial charge on any atom is -0.387 e. The lowest BCUT2D eigenvalue weighted by molar-refractivity contribution is -0.150. The van der Waals surface area contributed by atoms with Gasteiger partial charge in [0.2, 0.25) is 11.9 Å². The van der Waals surface area contributed by atoms with Crippen molar-refractivity contribution in [3.63, 3.8) is 0 Å². The van der Waals surface area contributed by atoms with Gasteiger partial charge in [0.15, 0.2) is 29.4 Å². The third-order valence-corrected chi connectivity index (χ3v) is 7.86. The normalized spacial score (nSPS) is 23.2. The van der Waals surface area contributed by atoms with Crippen LogP contribution in [-0.2, 0) is 14.3 Å². The van der Waals surface area contributed by atoms with Crippen LogP contribution in [-0.4, -0.2) is 97.0 Å². The number of imidazole rings is 1. The van der Waals surface area contributed by atoms with E-state index in [4.69, 9.17) is 9.72 Å². The molecule has 2 aromatic carbocycles. The molecule has 2 aliphatic rings. The van der Waals surface area contributed by atoms with Crippen LogP contribution in [0.2, 0.25) is 0 Å². The van der Waals surface area contributed by atoms with Gasteiger partial charge in [-0.3, -0.25) is 9.59 Å². The second-order valence-electron chi connectivity index (χ2n) is 10.7. The Hall–Kier alpha value is -4.63. The molecule has 14 nitrogen and oxygen atoms in total. The lowest BCUT2D eigenvalue weighted by Crippen LogP contribution is -2.50. The number of anilines is 2. The van der Waals surface area contributed by atoms with Crippen molar-refractivity contribution >= 4 is 34.7 Å². The van der Waals surface area contributed by atoms with Gasteiger partial charge in [-0.05, 0) is 18.1 Å². The van der Waals surface area contributed by atoms with Crippen molar-refractivity contribution in [3.8, 4) is 0 Å². The van der Waals surface area contributed by atoms with Gasteiger partial charge in [-0.15, -0.1) is 0 Å². The summed E-state index contributed by atoms with van der Waals surface area (Å²) in [4.78, 5) is 39.3. The van der Waals surface area contributed by atoms with Gasteiger partial charge < -0.3 is 36.0 Å². The number of carbonyl (C=O) groups excluding carboxylic acids is 2. The first kappa shape index (κ1) is 29.4. The molecule has 2 amide bonds. The van der Waals surface area contributed by atoms with Gasteiger partial charge in [-0.1, -0.05) is 60.7 Å². The highest BCUT2D eigenvalue weighted by atomic mass is 16.6. The van der Waals surface area contributed by atoms with E-state index < -0.39 is 30.5 Å². The Morgan fingerprint density at radius 1 is 1.07 bits per heavy atom. The highest BCUT2D eigenvalue weighted by molar-refractivity contribution is 5.93. The molecular weight excluding hydrogens is 568 g/mol. The first-order valence-corrected chi connectivity index (χ1v) is 14.5. The molecule has 6 rings (SSSR count). The fraction of sp³-hybridized carbons (Fsp3) is 0.367. The van der Waals surface area contributed by atoms with E-state index in [0.29, 0.717) is 24.4 Å². The monoisotopic (exact) mass is 602 g/mol. The summed E-state index contributed by atoms with van der Waals surface area (Å²) in [6.07, 6.45) is -4.77. The van der Waals surface area contributed by atoms with Crippen molar-refractivity contribution in [2.24, 2.45) is 0 Å². The molecule has 5 atom stereocenters. The van der Waals surface area contributed by atoms with E-state index in [1.165, 1.54) is 16.0 Å². The summed E-state index contributed by atoms with van der Waals surface area (Å²) >= 11 is 0. The predicted molar refractivity (Wildman–Crippen MR) is 160 cm³/mol. The number of nitrogens with zero attached hydrogens (tertiary/aromatic N) is 5. The average Bonchev–Trinajstić information content (AvgIpc) is 3.72. The van der Waals surface area contributed by atoms with Gasteiger partial charge >= 0.3 is 0 Å². The van der Waals surface area contributed by atoms with Crippen LogP contribution < -0.4 is 21.0 Å². The van der Waals surface area contributed by atoms with Gasteiger partial charge in [-0.2, -0.15) is 9.97 Å². The molecular formula is C30H34N8O6. The number of aliphatic hydroxyl groups excluding tert-OH is 3. The van der Waals surface area contributed by atoms with Crippen LogP contribution >= 0.6 is 0 Å². The Morgan fingerprint density at radius 2 is 1.75 bits per heavy atom. The van der Waals surface area contributed by atoms with Crippen LogP contribution in [0.1, 0.15) is 30.4 Å². The molecule has 14 heteroatoms. The number of likely N-dealkylation sites (N-methyl/N-ethyl adjacent to an activating group) is 1. The van der Waals surface area contributed by atoms with Crippen molar-refractivity contribution in [2.75, 3.05) is 35.3 Å². The molecule has 2 fully saturated rings. The molecule has 0 bridgehead atoms. The summed E-state index contributed by atoms with van der Waals surface area (Å²) in [5.41, 5.74) is 2.88. The van der Waals surface area contributed by atoms with E-state index in [1.807, 2.05) is 36.4 Å². The maximum atomic E-state index is 13.5. The van der Waals surface area contributed by atoms with Gasteiger partial charge in [0.1, 0.15) is 18.5 Å². The molecule has 44 heavy (non-hydrogen) atoms. The smallest absolute Gasteiger partial charge is 0.273 e. The zero-order valence-electron chi connectivity index (χ0n) is 23.9. The molecule has 6 N–H and O–H groups in total. The zero-order chi connectivity index (χ0) is 30.8. The van der Waals surface area contributed by atoms with E-state index >= 15 is 0 Å². The number of carbonyl (C=O) groups is 2. The summed E-state index contributed by atoms with van der Waals surface area (Å²) in [7, 11) is 0. The lowest BCUT2D eigenvalue weighted by atomic mass is 9.91. The largest absolute Gasteiger partial charge is 0.387 e.